The average Bonchev–Trinajstić information content (AvgIpc) is 2.78. The van der Waals surface area contributed by atoms with Crippen LogP contribution in [0, 0.1) is 5.92 Å². The zero-order valence-corrected chi connectivity index (χ0v) is 13.9. The quantitative estimate of drug-likeness (QED) is 0.860. The molecule has 2 heterocycles. The fraction of sp³-hybridized carbons (Fsp3) is 0.867. The second kappa shape index (κ2) is 5.78. The summed E-state index contributed by atoms with van der Waals surface area (Å²) in [4.78, 5) is 2.43. The summed E-state index contributed by atoms with van der Waals surface area (Å²) >= 11 is 0. The normalized spacial score (nSPS) is 32.9. The van der Waals surface area contributed by atoms with Crippen molar-refractivity contribution < 1.29 is 8.42 Å². The van der Waals surface area contributed by atoms with Gasteiger partial charge >= 0.3 is 0 Å². The van der Waals surface area contributed by atoms with Crippen molar-refractivity contribution >= 4 is 9.84 Å². The second-order valence-corrected chi connectivity index (χ2v) is 8.51. The van der Waals surface area contributed by atoms with Crippen molar-refractivity contribution in [1.29, 1.82) is 0 Å². The molecule has 0 amide bonds. The third-order valence-corrected chi connectivity index (χ3v) is 6.44. The van der Waals surface area contributed by atoms with Crippen LogP contribution in [0.4, 0.5) is 0 Å². The molecular formula is C15H28N2O2S. The molecule has 0 aliphatic carbocycles. The molecule has 1 saturated heterocycles. The third-order valence-electron chi connectivity index (χ3n) is 5.06. The van der Waals surface area contributed by atoms with E-state index in [-0.39, 0.29) is 17.3 Å². The van der Waals surface area contributed by atoms with Crippen molar-refractivity contribution in [3.8, 4) is 0 Å². The van der Waals surface area contributed by atoms with Crippen LogP contribution in [-0.2, 0) is 9.84 Å². The Bertz CT molecular complexity index is 466. The van der Waals surface area contributed by atoms with Gasteiger partial charge in [-0.1, -0.05) is 33.8 Å². The maximum absolute atomic E-state index is 11.7. The van der Waals surface area contributed by atoms with Crippen molar-refractivity contribution in [2.24, 2.45) is 5.92 Å². The van der Waals surface area contributed by atoms with Gasteiger partial charge in [0, 0.05) is 36.1 Å². The Kier molecular flexibility index (Phi) is 4.62. The van der Waals surface area contributed by atoms with E-state index in [2.05, 4.69) is 37.9 Å². The van der Waals surface area contributed by atoms with Crippen molar-refractivity contribution in [2.75, 3.05) is 18.8 Å². The Hall–Kier alpha value is -0.390. The van der Waals surface area contributed by atoms with Crippen LogP contribution in [0.3, 0.4) is 0 Å². The van der Waals surface area contributed by atoms with E-state index < -0.39 is 9.84 Å². The van der Waals surface area contributed by atoms with Gasteiger partial charge in [-0.2, -0.15) is 0 Å². The fourth-order valence-electron chi connectivity index (χ4n) is 3.43. The Morgan fingerprint density at radius 2 is 2.00 bits per heavy atom. The minimum atomic E-state index is -2.99. The molecule has 0 bridgehead atoms. The Labute approximate surface area is 123 Å². The molecule has 0 aromatic heterocycles. The standard InChI is InChI=1S/C15H28N2O2S/c1-5-15(6-2)11-17(14(9-16-15)12(3)4)13-7-8-20(18,19)10-13/h7-8,12-14,16H,5-6,9-11H2,1-4H3. The summed E-state index contributed by atoms with van der Waals surface area (Å²) in [5.41, 5.74) is 0.131. The molecular weight excluding hydrogens is 272 g/mol. The first-order valence-corrected chi connectivity index (χ1v) is 9.46. The maximum Gasteiger partial charge on any atom is 0.173 e. The lowest BCUT2D eigenvalue weighted by molar-refractivity contribution is 0.0367. The van der Waals surface area contributed by atoms with E-state index in [1.807, 2.05) is 6.08 Å². The van der Waals surface area contributed by atoms with E-state index in [0.717, 1.165) is 25.9 Å². The predicted octanol–water partition coefficient (Wildman–Crippen LogP) is 1.79. The van der Waals surface area contributed by atoms with E-state index >= 15 is 0 Å². The van der Waals surface area contributed by atoms with Crippen LogP contribution in [-0.4, -0.2) is 49.8 Å². The zero-order chi connectivity index (χ0) is 15.0. The molecule has 0 aromatic carbocycles. The van der Waals surface area contributed by atoms with E-state index in [4.69, 9.17) is 0 Å². The molecule has 0 radical (unpaired) electrons. The molecule has 1 N–H and O–H groups in total. The summed E-state index contributed by atoms with van der Waals surface area (Å²) < 4.78 is 23.5. The van der Waals surface area contributed by atoms with Crippen molar-refractivity contribution in [3.63, 3.8) is 0 Å². The Morgan fingerprint density at radius 1 is 1.35 bits per heavy atom. The van der Waals surface area contributed by atoms with Gasteiger partial charge in [0.05, 0.1) is 5.75 Å². The average molecular weight is 300 g/mol. The van der Waals surface area contributed by atoms with Gasteiger partial charge in [0.15, 0.2) is 9.84 Å². The SMILES string of the molecule is CCC1(CC)CN(C2C=CS(=O)(=O)C2)C(C(C)C)CN1. The summed E-state index contributed by atoms with van der Waals surface area (Å²) in [6.07, 6.45) is 4.04. The monoisotopic (exact) mass is 300 g/mol. The van der Waals surface area contributed by atoms with E-state index in [1.165, 1.54) is 5.41 Å². The van der Waals surface area contributed by atoms with Crippen molar-refractivity contribution in [1.82, 2.24) is 10.2 Å². The Balaban J connectivity index is 2.22. The summed E-state index contributed by atoms with van der Waals surface area (Å²) in [5, 5.41) is 5.12. The number of hydrogen-bond donors (Lipinski definition) is 1. The van der Waals surface area contributed by atoms with Crippen LogP contribution in [0.5, 0.6) is 0 Å². The summed E-state index contributed by atoms with van der Waals surface area (Å²) in [5.74, 6) is 0.769. The first-order chi connectivity index (χ1) is 9.32. The predicted molar refractivity (Wildman–Crippen MR) is 83.4 cm³/mol. The van der Waals surface area contributed by atoms with Crippen molar-refractivity contribution in [3.05, 3.63) is 11.5 Å². The molecule has 2 aliphatic rings. The van der Waals surface area contributed by atoms with Crippen molar-refractivity contribution in [2.45, 2.75) is 58.2 Å². The number of rotatable bonds is 4. The van der Waals surface area contributed by atoms with Gasteiger partial charge in [0.2, 0.25) is 0 Å². The van der Waals surface area contributed by atoms with Crippen LogP contribution < -0.4 is 5.32 Å². The second-order valence-electron chi connectivity index (χ2n) is 6.58. The highest BCUT2D eigenvalue weighted by molar-refractivity contribution is 7.94. The summed E-state index contributed by atoms with van der Waals surface area (Å²) in [6.45, 7) is 10.8. The maximum atomic E-state index is 11.7. The molecule has 2 aliphatic heterocycles. The lowest BCUT2D eigenvalue weighted by Crippen LogP contribution is -2.67. The van der Waals surface area contributed by atoms with Gasteiger partial charge < -0.3 is 5.32 Å². The first-order valence-electron chi connectivity index (χ1n) is 7.74. The Morgan fingerprint density at radius 3 is 2.45 bits per heavy atom. The minimum Gasteiger partial charge on any atom is -0.308 e. The van der Waals surface area contributed by atoms with E-state index in [0.29, 0.717) is 12.0 Å². The zero-order valence-electron chi connectivity index (χ0n) is 13.1. The topological polar surface area (TPSA) is 49.4 Å². The molecule has 0 spiro atoms. The van der Waals surface area contributed by atoms with Crippen LogP contribution in [0.1, 0.15) is 40.5 Å². The number of piperazine rings is 1. The smallest absolute Gasteiger partial charge is 0.173 e. The number of sulfone groups is 1. The lowest BCUT2D eigenvalue weighted by Gasteiger charge is -2.50. The lowest BCUT2D eigenvalue weighted by atomic mass is 9.85. The van der Waals surface area contributed by atoms with Gasteiger partial charge in [-0.15, -0.1) is 0 Å². The highest BCUT2D eigenvalue weighted by atomic mass is 32.2. The molecule has 4 nitrogen and oxygen atoms in total. The third kappa shape index (κ3) is 3.10. The summed E-state index contributed by atoms with van der Waals surface area (Å²) in [6, 6.07) is 0.455. The van der Waals surface area contributed by atoms with Crippen LogP contribution >= 0.6 is 0 Å². The molecule has 116 valence electrons. The van der Waals surface area contributed by atoms with Crippen LogP contribution in [0.25, 0.3) is 0 Å². The molecule has 0 aromatic rings. The van der Waals surface area contributed by atoms with E-state index in [1.54, 1.807) is 0 Å². The van der Waals surface area contributed by atoms with Gasteiger partial charge in [0.25, 0.3) is 0 Å². The highest BCUT2D eigenvalue weighted by Gasteiger charge is 2.42. The molecule has 2 unspecified atom stereocenters. The molecule has 2 atom stereocenters. The van der Waals surface area contributed by atoms with Crippen LogP contribution in [0.2, 0.25) is 0 Å². The number of nitrogens with one attached hydrogen (secondary N) is 1. The van der Waals surface area contributed by atoms with Crippen LogP contribution in [0.15, 0.2) is 11.5 Å². The first kappa shape index (κ1) is 16.0. The minimum absolute atomic E-state index is 0.0481. The summed E-state index contributed by atoms with van der Waals surface area (Å²) in [7, 11) is -2.99. The molecule has 1 fully saturated rings. The fourth-order valence-corrected chi connectivity index (χ4v) is 4.74. The van der Waals surface area contributed by atoms with E-state index in [9.17, 15) is 8.42 Å². The molecule has 20 heavy (non-hydrogen) atoms. The molecule has 2 rings (SSSR count). The van der Waals surface area contributed by atoms with Gasteiger partial charge in [-0.3, -0.25) is 4.90 Å². The molecule has 0 saturated carbocycles. The number of nitrogens with zero attached hydrogens (tertiary/aromatic N) is 1. The molecule has 5 heteroatoms. The van der Waals surface area contributed by atoms with Gasteiger partial charge in [-0.05, 0) is 18.8 Å². The largest absolute Gasteiger partial charge is 0.308 e. The number of hydrogen-bond acceptors (Lipinski definition) is 4. The highest BCUT2D eigenvalue weighted by Crippen LogP contribution is 2.29. The van der Waals surface area contributed by atoms with Gasteiger partial charge in [-0.25, -0.2) is 8.42 Å². The van der Waals surface area contributed by atoms with Gasteiger partial charge in [0.1, 0.15) is 0 Å².